The third-order valence-electron chi connectivity index (χ3n) is 5.37. The number of fused-ring (bicyclic) bond motifs is 1. The van der Waals surface area contributed by atoms with Gasteiger partial charge in [0.15, 0.2) is 0 Å². The van der Waals surface area contributed by atoms with Crippen molar-refractivity contribution in [3.8, 4) is 5.75 Å². The van der Waals surface area contributed by atoms with Gasteiger partial charge in [-0.25, -0.2) is 14.1 Å². The predicted octanol–water partition coefficient (Wildman–Crippen LogP) is 1.77. The molecular weight excluding hydrogens is 403 g/mol. The molecule has 2 aromatic rings. The van der Waals surface area contributed by atoms with E-state index in [0.717, 1.165) is 10.5 Å². The Kier molecular flexibility index (Phi) is 5.33. The first-order valence-corrected chi connectivity index (χ1v) is 9.64. The number of imide groups is 1. The molecule has 2 heterocycles. The lowest BCUT2D eigenvalue weighted by atomic mass is 9.99. The molecular formula is C22H21FN4O4. The molecule has 2 aliphatic heterocycles. The van der Waals surface area contributed by atoms with Crippen LogP contribution >= 0.6 is 0 Å². The molecule has 2 aromatic carbocycles. The first kappa shape index (κ1) is 20.4. The number of rotatable bonds is 5. The second-order valence-electron chi connectivity index (χ2n) is 7.27. The minimum atomic E-state index is -0.792. The summed E-state index contributed by atoms with van der Waals surface area (Å²) in [6, 6.07) is 10.1. The smallest absolute Gasteiger partial charge is 0.329 e. The Hall–Kier alpha value is -3.88. The third-order valence-corrected chi connectivity index (χ3v) is 5.37. The largest absolute Gasteiger partial charge is 0.496 e. The number of likely N-dealkylation sites (N-methyl/N-ethyl adjacent to an activating group) is 1. The molecule has 0 aliphatic carbocycles. The van der Waals surface area contributed by atoms with Crippen LogP contribution in [0.25, 0.3) is 0 Å². The fourth-order valence-corrected chi connectivity index (χ4v) is 3.85. The van der Waals surface area contributed by atoms with Crippen molar-refractivity contribution in [2.45, 2.75) is 18.6 Å². The highest BCUT2D eigenvalue weighted by atomic mass is 19.1. The maximum Gasteiger partial charge on any atom is 0.329 e. The number of hydrogen-bond donors (Lipinski definition) is 2. The summed E-state index contributed by atoms with van der Waals surface area (Å²) in [7, 11) is 3.21. The minimum Gasteiger partial charge on any atom is -0.496 e. The molecule has 0 radical (unpaired) electrons. The standard InChI is InChI=1S/C22H21FN4O4/c1-26-12-16(20(28)24-11-13-5-3-4-6-17(13)31-2)18-19(26)21(29)27(22(30)25-18)15-9-7-14(23)8-10-15/h3-10,12,18-19H,11H2,1-2H3,(H,24,28)(H,25,30). The van der Waals surface area contributed by atoms with Crippen LogP contribution in [0.4, 0.5) is 14.9 Å². The average molecular weight is 424 g/mol. The lowest BCUT2D eigenvalue weighted by Gasteiger charge is -2.37. The quantitative estimate of drug-likeness (QED) is 0.764. The van der Waals surface area contributed by atoms with Gasteiger partial charge in [-0.15, -0.1) is 0 Å². The van der Waals surface area contributed by atoms with Crippen molar-refractivity contribution in [1.29, 1.82) is 0 Å². The van der Waals surface area contributed by atoms with Gasteiger partial charge in [-0.1, -0.05) is 18.2 Å². The molecule has 1 fully saturated rings. The summed E-state index contributed by atoms with van der Waals surface area (Å²) in [6.45, 7) is 0.227. The molecule has 0 saturated carbocycles. The van der Waals surface area contributed by atoms with Gasteiger partial charge in [0.05, 0.1) is 24.4 Å². The normalized spacial score (nSPS) is 20.2. The van der Waals surface area contributed by atoms with E-state index in [4.69, 9.17) is 4.74 Å². The highest BCUT2D eigenvalue weighted by Crippen LogP contribution is 2.29. The highest BCUT2D eigenvalue weighted by Gasteiger charge is 2.49. The fraction of sp³-hybridized carbons (Fsp3) is 0.227. The summed E-state index contributed by atoms with van der Waals surface area (Å²) < 4.78 is 18.5. The van der Waals surface area contributed by atoms with Crippen molar-refractivity contribution in [3.63, 3.8) is 0 Å². The molecule has 0 bridgehead atoms. The van der Waals surface area contributed by atoms with Gasteiger partial charge in [0.1, 0.15) is 17.6 Å². The van der Waals surface area contributed by atoms with E-state index in [0.29, 0.717) is 5.75 Å². The number of amides is 4. The Morgan fingerprint density at radius 2 is 1.87 bits per heavy atom. The lowest BCUT2D eigenvalue weighted by Crippen LogP contribution is -2.65. The van der Waals surface area contributed by atoms with E-state index in [1.165, 1.54) is 24.3 Å². The zero-order valence-electron chi connectivity index (χ0n) is 17.0. The van der Waals surface area contributed by atoms with E-state index in [2.05, 4.69) is 10.6 Å². The third kappa shape index (κ3) is 3.70. The van der Waals surface area contributed by atoms with Crippen LogP contribution in [-0.2, 0) is 16.1 Å². The van der Waals surface area contributed by atoms with Crippen LogP contribution in [0.1, 0.15) is 5.56 Å². The molecule has 4 rings (SSSR count). The van der Waals surface area contributed by atoms with Crippen LogP contribution in [0.15, 0.2) is 60.3 Å². The number of carbonyl (C=O) groups is 3. The molecule has 0 aromatic heterocycles. The Bertz CT molecular complexity index is 1070. The van der Waals surface area contributed by atoms with E-state index in [9.17, 15) is 18.8 Å². The lowest BCUT2D eigenvalue weighted by molar-refractivity contribution is -0.122. The van der Waals surface area contributed by atoms with Gasteiger partial charge in [-0.2, -0.15) is 0 Å². The summed E-state index contributed by atoms with van der Waals surface area (Å²) >= 11 is 0. The van der Waals surface area contributed by atoms with Crippen LogP contribution in [0.5, 0.6) is 5.75 Å². The number of carbonyl (C=O) groups excluding carboxylic acids is 3. The van der Waals surface area contributed by atoms with E-state index in [1.807, 2.05) is 18.2 Å². The molecule has 31 heavy (non-hydrogen) atoms. The van der Waals surface area contributed by atoms with Gasteiger partial charge in [0, 0.05) is 25.4 Å². The van der Waals surface area contributed by atoms with Crippen LogP contribution < -0.4 is 20.3 Å². The topological polar surface area (TPSA) is 91.0 Å². The van der Waals surface area contributed by atoms with Crippen molar-refractivity contribution in [1.82, 2.24) is 15.5 Å². The number of nitrogens with zero attached hydrogens (tertiary/aromatic N) is 2. The summed E-state index contributed by atoms with van der Waals surface area (Å²) in [5.74, 6) is -0.713. The van der Waals surface area contributed by atoms with E-state index < -0.39 is 35.7 Å². The van der Waals surface area contributed by atoms with Gasteiger partial charge in [-0.05, 0) is 30.3 Å². The highest BCUT2D eigenvalue weighted by molar-refractivity contribution is 6.19. The maximum atomic E-state index is 13.2. The Labute approximate surface area is 178 Å². The summed E-state index contributed by atoms with van der Waals surface area (Å²) in [5, 5.41) is 5.55. The zero-order valence-corrected chi connectivity index (χ0v) is 17.0. The fourth-order valence-electron chi connectivity index (χ4n) is 3.85. The molecule has 1 saturated heterocycles. The number of nitrogens with one attached hydrogen (secondary N) is 2. The number of ether oxygens (including phenoxy) is 1. The summed E-state index contributed by atoms with van der Waals surface area (Å²) in [5.41, 5.74) is 1.33. The first-order valence-electron chi connectivity index (χ1n) is 9.64. The second kappa shape index (κ2) is 8.10. The van der Waals surface area contributed by atoms with Crippen LogP contribution in [-0.4, -0.2) is 49.0 Å². The van der Waals surface area contributed by atoms with Crippen LogP contribution in [0.2, 0.25) is 0 Å². The number of halogens is 1. The van der Waals surface area contributed by atoms with Gasteiger partial charge in [-0.3, -0.25) is 9.59 Å². The van der Waals surface area contributed by atoms with Crippen LogP contribution in [0.3, 0.4) is 0 Å². The first-order chi connectivity index (χ1) is 14.9. The van der Waals surface area contributed by atoms with Gasteiger partial charge < -0.3 is 20.3 Å². The number of methoxy groups -OCH3 is 1. The van der Waals surface area contributed by atoms with Gasteiger partial charge in [0.2, 0.25) is 0 Å². The number of para-hydroxylation sites is 1. The molecule has 0 spiro atoms. The SMILES string of the molecule is COc1ccccc1CNC(=O)C1=CN(C)C2C(=O)N(c3ccc(F)cc3)C(=O)NC12. The van der Waals surface area contributed by atoms with Crippen molar-refractivity contribution in [2.75, 3.05) is 19.1 Å². The molecule has 2 atom stereocenters. The second-order valence-corrected chi connectivity index (χ2v) is 7.27. The van der Waals surface area contributed by atoms with E-state index in [-0.39, 0.29) is 17.8 Å². The average Bonchev–Trinajstić information content (AvgIpc) is 3.09. The predicted molar refractivity (Wildman–Crippen MR) is 111 cm³/mol. The molecule has 9 heteroatoms. The number of hydrogen-bond acceptors (Lipinski definition) is 5. The molecule has 2 unspecified atom stereocenters. The van der Waals surface area contributed by atoms with Crippen molar-refractivity contribution in [3.05, 3.63) is 71.7 Å². The van der Waals surface area contributed by atoms with Gasteiger partial charge in [0.25, 0.3) is 11.8 Å². The van der Waals surface area contributed by atoms with Crippen molar-refractivity contribution in [2.24, 2.45) is 0 Å². The number of urea groups is 1. The zero-order chi connectivity index (χ0) is 22.1. The van der Waals surface area contributed by atoms with Crippen molar-refractivity contribution < 1.29 is 23.5 Å². The molecule has 8 nitrogen and oxygen atoms in total. The Morgan fingerprint density at radius 1 is 1.16 bits per heavy atom. The van der Waals surface area contributed by atoms with Gasteiger partial charge >= 0.3 is 6.03 Å². The van der Waals surface area contributed by atoms with E-state index in [1.54, 1.807) is 31.3 Å². The van der Waals surface area contributed by atoms with Crippen molar-refractivity contribution >= 4 is 23.5 Å². The molecule has 4 amide bonds. The molecule has 2 N–H and O–H groups in total. The Balaban J connectivity index is 1.51. The molecule has 160 valence electrons. The summed E-state index contributed by atoms with van der Waals surface area (Å²) in [6.07, 6.45) is 1.55. The van der Waals surface area contributed by atoms with Crippen LogP contribution in [0, 0.1) is 5.82 Å². The minimum absolute atomic E-state index is 0.227. The monoisotopic (exact) mass is 424 g/mol. The maximum absolute atomic E-state index is 13.2. The number of anilines is 1. The molecule has 2 aliphatic rings. The van der Waals surface area contributed by atoms with E-state index >= 15 is 0 Å². The summed E-state index contributed by atoms with van der Waals surface area (Å²) in [4.78, 5) is 41.2. The number of benzene rings is 2. The Morgan fingerprint density at radius 3 is 2.58 bits per heavy atom.